The van der Waals surface area contributed by atoms with Gasteiger partial charge in [0, 0.05) is 18.5 Å². The molecule has 2 heterocycles. The third-order valence-corrected chi connectivity index (χ3v) is 4.65. The number of esters is 1. The van der Waals surface area contributed by atoms with Crippen LogP contribution in [0.25, 0.3) is 10.9 Å². The summed E-state index contributed by atoms with van der Waals surface area (Å²) in [6.45, 7) is 5.89. The zero-order valence-corrected chi connectivity index (χ0v) is 16.7. The Bertz CT molecular complexity index is 957. The van der Waals surface area contributed by atoms with Crippen molar-refractivity contribution in [2.45, 2.75) is 65.0 Å². The van der Waals surface area contributed by atoms with Crippen molar-refractivity contribution in [1.82, 2.24) is 14.9 Å². The van der Waals surface area contributed by atoms with Gasteiger partial charge in [-0.1, -0.05) is 12.8 Å². The maximum atomic E-state index is 12.8. The molecule has 0 spiro atoms. The van der Waals surface area contributed by atoms with E-state index in [-0.39, 0.29) is 23.6 Å². The fraction of sp³-hybridized carbons (Fsp3) is 0.524. The molecule has 0 radical (unpaired) electrons. The Morgan fingerprint density at radius 1 is 1.18 bits per heavy atom. The number of carbonyl (C=O) groups is 2. The summed E-state index contributed by atoms with van der Waals surface area (Å²) >= 11 is 0. The molecular weight excluding hydrogens is 358 g/mol. The molecule has 0 unspecified atom stereocenters. The molecule has 1 aromatic heterocycles. The van der Waals surface area contributed by atoms with Gasteiger partial charge in [-0.25, -0.2) is 9.78 Å². The molecule has 0 aliphatic carbocycles. The van der Waals surface area contributed by atoms with Crippen molar-refractivity contribution >= 4 is 22.8 Å². The molecular formula is C21H27N3O4. The lowest BCUT2D eigenvalue weighted by Crippen LogP contribution is -2.42. The molecule has 1 aromatic carbocycles. The zero-order valence-electron chi connectivity index (χ0n) is 16.7. The second kappa shape index (κ2) is 8.12. The molecule has 0 atom stereocenters. The van der Waals surface area contributed by atoms with Crippen molar-refractivity contribution in [3.05, 3.63) is 39.9 Å². The molecule has 7 heteroatoms. The van der Waals surface area contributed by atoms with Gasteiger partial charge in [-0.15, -0.1) is 0 Å². The van der Waals surface area contributed by atoms with E-state index in [0.717, 1.165) is 37.9 Å². The van der Waals surface area contributed by atoms with Crippen molar-refractivity contribution in [2.75, 3.05) is 6.61 Å². The van der Waals surface area contributed by atoms with Crippen molar-refractivity contribution < 1.29 is 14.3 Å². The number of rotatable bonds is 3. The third-order valence-electron chi connectivity index (χ3n) is 4.65. The van der Waals surface area contributed by atoms with Crippen LogP contribution in [0, 0.1) is 0 Å². The maximum Gasteiger partial charge on any atom is 0.338 e. The average molecular weight is 385 g/mol. The molecule has 0 saturated heterocycles. The number of nitrogens with one attached hydrogen (secondary N) is 1. The first-order valence-electron chi connectivity index (χ1n) is 9.76. The van der Waals surface area contributed by atoms with Crippen LogP contribution < -0.4 is 10.9 Å². The fourth-order valence-electron chi connectivity index (χ4n) is 3.39. The average Bonchev–Trinajstić information content (AvgIpc) is 2.59. The lowest BCUT2D eigenvalue weighted by molar-refractivity contribution is -0.125. The summed E-state index contributed by atoms with van der Waals surface area (Å²) in [4.78, 5) is 41.6. The van der Waals surface area contributed by atoms with Crippen molar-refractivity contribution in [3.8, 4) is 0 Å². The molecule has 0 saturated carbocycles. The standard InChI is InChI=1S/C21H27N3O4/c1-21(2,3)23-18(25)13-28-20(27)14-9-10-15-16(12-14)22-17-8-6-4-5-7-11-24(17)19(15)26/h9-10,12H,4-8,11,13H2,1-3H3,(H,23,25). The van der Waals surface area contributed by atoms with Crippen molar-refractivity contribution in [2.24, 2.45) is 0 Å². The van der Waals surface area contributed by atoms with E-state index in [1.807, 2.05) is 20.8 Å². The molecule has 0 bridgehead atoms. The minimum absolute atomic E-state index is 0.0635. The van der Waals surface area contributed by atoms with E-state index in [9.17, 15) is 14.4 Å². The lowest BCUT2D eigenvalue weighted by Gasteiger charge is -2.20. The topological polar surface area (TPSA) is 90.3 Å². The zero-order chi connectivity index (χ0) is 20.3. The Morgan fingerprint density at radius 2 is 1.93 bits per heavy atom. The van der Waals surface area contributed by atoms with Gasteiger partial charge in [0.15, 0.2) is 6.61 Å². The van der Waals surface area contributed by atoms with E-state index < -0.39 is 11.5 Å². The second-order valence-corrected chi connectivity index (χ2v) is 8.26. The summed E-state index contributed by atoms with van der Waals surface area (Å²) in [5.41, 5.74) is 0.311. The van der Waals surface area contributed by atoms with Gasteiger partial charge in [-0.05, 0) is 51.8 Å². The minimum Gasteiger partial charge on any atom is -0.452 e. The van der Waals surface area contributed by atoms with Crippen LogP contribution in [0.15, 0.2) is 23.0 Å². The largest absolute Gasteiger partial charge is 0.452 e. The number of aryl methyl sites for hydroxylation is 1. The number of fused-ring (bicyclic) bond motifs is 2. The molecule has 1 aliphatic heterocycles. The van der Waals surface area contributed by atoms with Gasteiger partial charge < -0.3 is 10.1 Å². The number of nitrogens with zero attached hydrogens (tertiary/aromatic N) is 2. The highest BCUT2D eigenvalue weighted by Crippen LogP contribution is 2.17. The first-order chi connectivity index (χ1) is 13.2. The van der Waals surface area contributed by atoms with Crippen LogP contribution in [0.1, 0.15) is 62.6 Å². The van der Waals surface area contributed by atoms with Gasteiger partial charge >= 0.3 is 5.97 Å². The Morgan fingerprint density at radius 3 is 2.68 bits per heavy atom. The summed E-state index contributed by atoms with van der Waals surface area (Å²) in [7, 11) is 0. The highest BCUT2D eigenvalue weighted by molar-refractivity contribution is 5.95. The van der Waals surface area contributed by atoms with Crippen molar-refractivity contribution in [3.63, 3.8) is 0 Å². The van der Waals surface area contributed by atoms with Gasteiger partial charge in [0.05, 0.1) is 16.5 Å². The predicted molar refractivity (Wildman–Crippen MR) is 106 cm³/mol. The molecule has 7 nitrogen and oxygen atoms in total. The minimum atomic E-state index is -0.611. The van der Waals surface area contributed by atoms with Gasteiger partial charge in [0.25, 0.3) is 11.5 Å². The Labute approximate surface area is 164 Å². The predicted octanol–water partition coefficient (Wildman–Crippen LogP) is 2.58. The first-order valence-corrected chi connectivity index (χ1v) is 9.76. The van der Waals surface area contributed by atoms with Crippen LogP contribution in [-0.2, 0) is 22.5 Å². The van der Waals surface area contributed by atoms with Crippen LogP contribution in [0.4, 0.5) is 0 Å². The van der Waals surface area contributed by atoms with E-state index in [1.54, 1.807) is 22.8 Å². The molecule has 28 heavy (non-hydrogen) atoms. The van der Waals surface area contributed by atoms with E-state index >= 15 is 0 Å². The number of benzene rings is 1. The highest BCUT2D eigenvalue weighted by Gasteiger charge is 2.18. The maximum absolute atomic E-state index is 12.8. The number of carbonyl (C=O) groups excluding carboxylic acids is 2. The second-order valence-electron chi connectivity index (χ2n) is 8.26. The highest BCUT2D eigenvalue weighted by atomic mass is 16.5. The van der Waals surface area contributed by atoms with Gasteiger partial charge in [-0.2, -0.15) is 0 Å². The summed E-state index contributed by atoms with van der Waals surface area (Å²) in [6, 6.07) is 4.73. The molecule has 1 amide bonds. The number of amides is 1. The number of hydrogen-bond donors (Lipinski definition) is 1. The SMILES string of the molecule is CC(C)(C)NC(=O)COC(=O)c1ccc2c(=O)n3c(nc2c1)CCCCCC3. The van der Waals surface area contributed by atoms with E-state index in [4.69, 9.17) is 4.74 Å². The quantitative estimate of drug-likeness (QED) is 0.820. The van der Waals surface area contributed by atoms with Crippen LogP contribution in [0.2, 0.25) is 0 Å². The molecule has 1 N–H and O–H groups in total. The number of aromatic nitrogens is 2. The van der Waals surface area contributed by atoms with E-state index in [2.05, 4.69) is 10.3 Å². The summed E-state index contributed by atoms with van der Waals surface area (Å²) in [5, 5.41) is 3.23. The Balaban J connectivity index is 1.81. The first kappa shape index (κ1) is 20.0. The third kappa shape index (κ3) is 4.77. The smallest absolute Gasteiger partial charge is 0.338 e. The fourth-order valence-corrected chi connectivity index (χ4v) is 3.39. The molecule has 0 fully saturated rings. The molecule has 2 aromatic rings. The summed E-state index contributed by atoms with van der Waals surface area (Å²) < 4.78 is 6.86. The number of hydrogen-bond acceptors (Lipinski definition) is 5. The van der Waals surface area contributed by atoms with Crippen LogP contribution in [0.5, 0.6) is 0 Å². The van der Waals surface area contributed by atoms with Crippen LogP contribution >= 0.6 is 0 Å². The normalized spacial score (nSPS) is 14.7. The van der Waals surface area contributed by atoms with E-state index in [0.29, 0.717) is 17.4 Å². The van der Waals surface area contributed by atoms with Crippen molar-refractivity contribution in [1.29, 1.82) is 0 Å². The molecule has 3 rings (SSSR count). The molecule has 150 valence electrons. The number of ether oxygens (including phenoxy) is 1. The van der Waals surface area contributed by atoms with Crippen LogP contribution in [0.3, 0.4) is 0 Å². The Kier molecular flexibility index (Phi) is 5.82. The lowest BCUT2D eigenvalue weighted by atomic mass is 10.1. The Hall–Kier alpha value is -2.70. The van der Waals surface area contributed by atoms with E-state index in [1.165, 1.54) is 0 Å². The van der Waals surface area contributed by atoms with Gasteiger partial charge in [0.2, 0.25) is 0 Å². The monoisotopic (exact) mass is 385 g/mol. The van der Waals surface area contributed by atoms with Gasteiger partial charge in [0.1, 0.15) is 5.82 Å². The van der Waals surface area contributed by atoms with Gasteiger partial charge in [-0.3, -0.25) is 14.2 Å². The summed E-state index contributed by atoms with van der Waals surface area (Å²) in [5.74, 6) is -0.203. The summed E-state index contributed by atoms with van der Waals surface area (Å²) in [6.07, 6.45) is 4.99. The molecule has 1 aliphatic rings. The van der Waals surface area contributed by atoms with Crippen LogP contribution in [-0.4, -0.2) is 33.6 Å².